The van der Waals surface area contributed by atoms with Crippen LogP contribution in [0.25, 0.3) is 0 Å². The molecule has 0 radical (unpaired) electrons. The number of nitrogens with one attached hydrogen (secondary N) is 10. The second-order valence-corrected chi connectivity index (χ2v) is 37.5. The lowest BCUT2D eigenvalue weighted by molar-refractivity contribution is -0.150. The predicted molar refractivity (Wildman–Crippen MR) is 449 cm³/mol. The van der Waals surface area contributed by atoms with Gasteiger partial charge in [-0.05, 0) is 196 Å². The highest BCUT2D eigenvalue weighted by atomic mass is 32.2. The van der Waals surface area contributed by atoms with Gasteiger partial charge in [0.1, 0.15) is 48.9 Å². The lowest BCUT2D eigenvalue weighted by Crippen LogP contribution is -2.60. The number of carbonyl (C=O) groups is 11. The van der Waals surface area contributed by atoms with Crippen LogP contribution in [0.2, 0.25) is 0 Å². The Morgan fingerprint density at radius 3 is 1.80 bits per heavy atom. The highest BCUT2D eigenvalue weighted by Crippen LogP contribution is 2.60. The number of aliphatic hydroxyl groups is 1. The van der Waals surface area contributed by atoms with E-state index in [1.165, 1.54) is 10.5 Å². The molecule has 2 fully saturated rings. The number of nitrogens with zero attached hydrogens (tertiary/aromatic N) is 4. The Bertz CT molecular complexity index is 4600. The molecule has 5 aliphatic rings. The minimum atomic E-state index is -4.37. The number of anilines is 1. The van der Waals surface area contributed by atoms with Gasteiger partial charge in [-0.1, -0.05) is 109 Å². The first-order valence-electron chi connectivity index (χ1n) is 42.3. The van der Waals surface area contributed by atoms with E-state index in [1.54, 1.807) is 55.9 Å². The van der Waals surface area contributed by atoms with Crippen LogP contribution < -0.4 is 58.9 Å². The SMILES string of the molecule is CN[C@H](CCCCNC(=O)COC1CCCCCc2c1nnn2CCN(CC(=O)NCCS(=O)(=O)O)CC(=O)NCCS(=O)(=O)O)C(=O)N[C@H](C(=O)N[C@@H](CCCNC(N)=O)C(=O)Nc1ccc(COC(=O)N[C@@H](CO)C(=O)Cc2ccc3c(c2)[C@@]2(C)CCC[C@](C)(C(=O)NC(=O)[C@@]4(C)CCC[C@]5(C)c6cc(O)ccc6CC[C@@H]45)[C@@H]2CC3)cc1)C(C)C. The zero-order chi connectivity index (χ0) is 88.9. The van der Waals surface area contributed by atoms with Gasteiger partial charge in [-0.15, -0.1) is 5.10 Å². The summed E-state index contributed by atoms with van der Waals surface area (Å²) in [7, 11) is -7.15. The number of phenols is 1. The van der Waals surface area contributed by atoms with Gasteiger partial charge in [0, 0.05) is 44.8 Å². The highest BCUT2D eigenvalue weighted by Gasteiger charge is 2.59. The quantitative estimate of drug-likeness (QED) is 0.0170. The molecule has 122 heavy (non-hydrogen) atoms. The summed E-state index contributed by atoms with van der Waals surface area (Å²) in [6.45, 7) is 9.41. The molecule has 9 rings (SSSR count). The van der Waals surface area contributed by atoms with Crippen LogP contribution in [0.15, 0.2) is 60.7 Å². The van der Waals surface area contributed by atoms with Gasteiger partial charge in [0.25, 0.3) is 20.2 Å². The number of rotatable bonds is 42. The van der Waals surface area contributed by atoms with Crippen LogP contribution in [0.3, 0.4) is 0 Å². The fraction of sp³-hybridized carbons (Fsp3) is 0.631. The number of nitrogens with two attached hydrogens (primary N) is 1. The van der Waals surface area contributed by atoms with Crippen molar-refractivity contribution in [3.63, 3.8) is 0 Å². The van der Waals surface area contributed by atoms with Gasteiger partial charge in [0.15, 0.2) is 5.78 Å². The first-order chi connectivity index (χ1) is 57.8. The van der Waals surface area contributed by atoms with Crippen molar-refractivity contribution in [1.29, 1.82) is 0 Å². The molecular weight excluding hydrogens is 1620 g/mol. The number of imide groups is 1. The summed E-state index contributed by atoms with van der Waals surface area (Å²) in [4.78, 5) is 151. The van der Waals surface area contributed by atoms with E-state index in [-0.39, 0.29) is 93.5 Å². The average Bonchev–Trinajstić information content (AvgIpc) is 0.764. The summed E-state index contributed by atoms with van der Waals surface area (Å²) in [5, 5.41) is 56.6. The molecule has 3 aromatic carbocycles. The van der Waals surface area contributed by atoms with Gasteiger partial charge < -0.3 is 73.3 Å². The van der Waals surface area contributed by atoms with Crippen molar-refractivity contribution in [3.8, 4) is 5.75 Å². The summed E-state index contributed by atoms with van der Waals surface area (Å²) in [5.74, 6) is -6.38. The van der Waals surface area contributed by atoms with Gasteiger partial charge in [0.2, 0.25) is 47.3 Å². The Hall–Kier alpha value is -9.57. The normalized spacial score (nSPS) is 22.2. The Kier molecular flexibility index (Phi) is 34.1. The second-order valence-electron chi connectivity index (χ2n) is 34.4. The number of hydrogen-bond donors (Lipinski definition) is 15. The number of urea groups is 1. The summed E-state index contributed by atoms with van der Waals surface area (Å²) in [6.07, 6.45) is 10.7. The third kappa shape index (κ3) is 26.0. The number of aryl methyl sites for hydroxylation is 2. The molecule has 1 unspecified atom stereocenters. The number of ether oxygens (including phenoxy) is 2. The molecular formula is C84H123N15O21S2. The summed E-state index contributed by atoms with van der Waals surface area (Å²) in [6, 6.07) is 12.6. The maximum Gasteiger partial charge on any atom is 0.408 e. The summed E-state index contributed by atoms with van der Waals surface area (Å²) >= 11 is 0. The van der Waals surface area contributed by atoms with E-state index < -0.39 is 170 Å². The van der Waals surface area contributed by atoms with Crippen LogP contribution in [-0.4, -0.2) is 223 Å². The minimum absolute atomic E-state index is 0.0259. The molecule has 38 heteroatoms. The van der Waals surface area contributed by atoms with Crippen LogP contribution in [0.5, 0.6) is 5.75 Å². The number of benzene rings is 3. The highest BCUT2D eigenvalue weighted by molar-refractivity contribution is 7.86. The van der Waals surface area contributed by atoms with E-state index in [9.17, 15) is 79.8 Å². The van der Waals surface area contributed by atoms with E-state index in [0.29, 0.717) is 79.6 Å². The summed E-state index contributed by atoms with van der Waals surface area (Å²) < 4.78 is 76.2. The molecule has 36 nitrogen and oxygen atoms in total. The van der Waals surface area contributed by atoms with E-state index in [0.717, 1.165) is 80.9 Å². The maximum absolute atomic E-state index is 14.8. The fourth-order valence-corrected chi connectivity index (χ4v) is 19.4. The molecule has 0 spiro atoms. The van der Waals surface area contributed by atoms with Gasteiger partial charge in [-0.2, -0.15) is 16.8 Å². The number of fused-ring (bicyclic) bond motifs is 7. The molecule has 0 aliphatic heterocycles. The van der Waals surface area contributed by atoms with Crippen molar-refractivity contribution in [1.82, 2.24) is 67.7 Å². The van der Waals surface area contributed by atoms with E-state index in [2.05, 4.69) is 77.3 Å². The lowest BCUT2D eigenvalue weighted by atomic mass is 9.49. The smallest absolute Gasteiger partial charge is 0.408 e. The molecule has 672 valence electrons. The van der Waals surface area contributed by atoms with Crippen LogP contribution in [-0.2, 0) is 123 Å². The third-order valence-corrected chi connectivity index (χ3v) is 26.8. The first kappa shape index (κ1) is 96.3. The Morgan fingerprint density at radius 2 is 1.20 bits per heavy atom. The van der Waals surface area contributed by atoms with Crippen molar-refractivity contribution in [2.24, 2.45) is 34.3 Å². The number of aromatic hydroxyl groups is 1. The van der Waals surface area contributed by atoms with Crippen LogP contribution >= 0.6 is 0 Å². The lowest BCUT2D eigenvalue weighted by Gasteiger charge is -2.56. The van der Waals surface area contributed by atoms with Crippen LogP contribution in [0, 0.1) is 28.6 Å². The number of ketones is 1. The van der Waals surface area contributed by atoms with Crippen molar-refractivity contribution in [2.45, 2.75) is 231 Å². The van der Waals surface area contributed by atoms with Crippen molar-refractivity contribution in [3.05, 3.63) is 105 Å². The number of aliphatic hydroxyl groups excluding tert-OH is 1. The molecule has 0 saturated heterocycles. The number of carbonyl (C=O) groups excluding carboxylic acids is 11. The van der Waals surface area contributed by atoms with Gasteiger partial charge in [-0.25, -0.2) is 14.3 Å². The van der Waals surface area contributed by atoms with E-state index in [4.69, 9.17) is 24.3 Å². The van der Waals surface area contributed by atoms with Crippen LogP contribution in [0.4, 0.5) is 15.3 Å². The standard InChI is InChI=1S/C84H123N15O21S2/c1-52(2)72(94-74(106)61(86-7)16-11-12-36-87-71(105)51-119-66-19-10-8-9-18-64-73(66)96-97-99(64)41-40-98(47-69(103)88-38-42-121(113,114)115)48-70(104)89-39-43-122(116,117)118)76(108)92-62(17-13-37-90-79(85)111)75(107)91-57-27-21-53(22-28-57)50-120-80(112)93-63(49-100)65(102)45-54-20-23-55-25-30-67-81(3,59(55)44-54)32-14-34-83(67,5)77(109)95-78(110)84(6)35-15-33-82(4)60-46-58(101)29-24-56(60)26-31-68(82)84/h20-24,27-29,44,46,52,61-63,66-68,72,86,100-101H,8-19,25-26,30-43,45,47-51H2,1-7H3,(H,87,105)(H,88,103)(H,89,104)(H,91,107)(H,92,108)(H,93,112)(H,94,106)(H3,85,90,111)(H,95,109,110)(H,113,114,115)(H,116,117,118)/t61-,62+,63+,66?,67-,68-,72+,81-,82-,83+,84+/m1/s1. The number of unbranched alkanes of at least 4 members (excludes halogenated alkanes) is 1. The van der Waals surface area contributed by atoms with Crippen molar-refractivity contribution < 1.29 is 98.4 Å². The number of primary amides is 1. The minimum Gasteiger partial charge on any atom is -0.508 e. The zero-order valence-electron chi connectivity index (χ0n) is 70.8. The monoisotopic (exact) mass is 1740 g/mol. The van der Waals surface area contributed by atoms with E-state index in [1.807, 2.05) is 44.2 Å². The van der Waals surface area contributed by atoms with Gasteiger partial charge >= 0.3 is 12.1 Å². The Labute approximate surface area is 712 Å². The number of phenolic OH excluding ortho intramolecular Hbond substituents is 1. The topological polar surface area (TPSA) is 536 Å². The molecule has 4 aromatic rings. The van der Waals surface area contributed by atoms with Crippen LogP contribution in [0.1, 0.15) is 202 Å². The number of aromatic nitrogens is 3. The molecule has 5 aliphatic carbocycles. The second kappa shape index (κ2) is 43.2. The van der Waals surface area contributed by atoms with Crippen molar-refractivity contribution >= 4 is 91.1 Å². The molecule has 11 atom stereocenters. The van der Waals surface area contributed by atoms with Gasteiger partial charge in [0.05, 0.1) is 60.3 Å². The average molecular weight is 1740 g/mol. The zero-order valence-corrected chi connectivity index (χ0v) is 72.5. The summed E-state index contributed by atoms with van der Waals surface area (Å²) in [5.41, 5.74) is 9.95. The molecule has 0 bridgehead atoms. The third-order valence-electron chi connectivity index (χ3n) is 25.3. The molecule has 1 heterocycles. The first-order valence-corrected chi connectivity index (χ1v) is 45.5. The molecule has 2 saturated carbocycles. The molecule has 16 N–H and O–H groups in total. The molecule has 11 amide bonds. The number of alkyl carbamates (subject to hydrolysis) is 1. The Morgan fingerprint density at radius 1 is 0.623 bits per heavy atom. The Balaban J connectivity index is 0.712. The number of Topliss-reactive ketones (excluding diaryl/α,β-unsaturated/α-hetero) is 1. The maximum atomic E-state index is 14.8. The largest absolute Gasteiger partial charge is 0.508 e. The van der Waals surface area contributed by atoms with Crippen molar-refractivity contribution in [2.75, 3.05) is 82.9 Å². The number of amides is 11. The number of likely N-dealkylation sites (N-methyl/N-ethyl adjacent to an activating group) is 1. The van der Waals surface area contributed by atoms with E-state index >= 15 is 0 Å². The fourth-order valence-electron chi connectivity index (χ4n) is 18.7. The number of hydrogen-bond acceptors (Lipinski definition) is 23. The molecule has 1 aromatic heterocycles. The predicted octanol–water partition coefficient (Wildman–Crippen LogP) is 3.82. The van der Waals surface area contributed by atoms with Gasteiger partial charge in [-0.3, -0.25) is 62.5 Å².